The molecule has 7 nitrogen and oxygen atoms in total. The number of amides is 1. The predicted molar refractivity (Wildman–Crippen MR) is 105 cm³/mol. The van der Waals surface area contributed by atoms with Gasteiger partial charge in [-0.3, -0.25) is 14.5 Å². The molecule has 1 aromatic carbocycles. The Bertz CT molecular complexity index is 1050. The maximum absolute atomic E-state index is 13.3. The van der Waals surface area contributed by atoms with Crippen LogP contribution in [0.2, 0.25) is 0 Å². The zero-order valence-corrected chi connectivity index (χ0v) is 16.5. The molecule has 0 unspecified atom stereocenters. The first kappa shape index (κ1) is 19.6. The zero-order chi connectivity index (χ0) is 20.3. The van der Waals surface area contributed by atoms with Crippen molar-refractivity contribution in [2.45, 2.75) is 32.3 Å². The normalized spacial score (nSPS) is 10.7. The van der Waals surface area contributed by atoms with Gasteiger partial charge in [0.2, 0.25) is 11.1 Å². The molecule has 144 valence electrons. The number of thioether (sulfide) groups is 1. The lowest BCUT2D eigenvalue weighted by atomic mass is 10.2. The fourth-order valence-electron chi connectivity index (χ4n) is 2.77. The van der Waals surface area contributed by atoms with Crippen molar-refractivity contribution in [2.24, 2.45) is 0 Å². The number of H-pyrrole nitrogens is 1. The Labute approximate surface area is 166 Å². The lowest BCUT2D eigenvalue weighted by molar-refractivity contribution is -0.113. The number of halogens is 1. The summed E-state index contributed by atoms with van der Waals surface area (Å²) in [5.41, 5.74) is 2.60. The summed E-state index contributed by atoms with van der Waals surface area (Å²) in [6.07, 6.45) is 0.731. The molecule has 0 spiro atoms. The third kappa shape index (κ3) is 3.92. The van der Waals surface area contributed by atoms with Crippen molar-refractivity contribution in [3.05, 3.63) is 52.7 Å². The van der Waals surface area contributed by atoms with E-state index < -0.39 is 0 Å². The summed E-state index contributed by atoms with van der Waals surface area (Å²) < 4.78 is 15.1. The van der Waals surface area contributed by atoms with Gasteiger partial charge in [0.15, 0.2) is 0 Å². The van der Waals surface area contributed by atoms with Crippen molar-refractivity contribution in [2.75, 3.05) is 11.1 Å². The van der Waals surface area contributed by atoms with Crippen molar-refractivity contribution in [1.29, 1.82) is 5.26 Å². The van der Waals surface area contributed by atoms with E-state index in [0.29, 0.717) is 22.2 Å². The summed E-state index contributed by atoms with van der Waals surface area (Å²) in [6.45, 7) is 5.63. The Morgan fingerprint density at radius 2 is 2.07 bits per heavy atom. The monoisotopic (exact) mass is 398 g/mol. The van der Waals surface area contributed by atoms with Crippen LogP contribution < -0.4 is 5.32 Å². The molecule has 2 N–H and O–H groups in total. The van der Waals surface area contributed by atoms with Gasteiger partial charge >= 0.3 is 0 Å². The van der Waals surface area contributed by atoms with Gasteiger partial charge in [0.05, 0.1) is 11.3 Å². The summed E-state index contributed by atoms with van der Waals surface area (Å²) in [5, 5.41) is 19.7. The van der Waals surface area contributed by atoms with Gasteiger partial charge in [-0.05, 0) is 43.7 Å². The number of benzene rings is 1. The highest BCUT2D eigenvalue weighted by atomic mass is 32.2. The smallest absolute Gasteiger partial charge is 0.236 e. The van der Waals surface area contributed by atoms with Crippen molar-refractivity contribution in [3.63, 3.8) is 0 Å². The number of aryl methyl sites for hydroxylation is 1. The van der Waals surface area contributed by atoms with Gasteiger partial charge in [0, 0.05) is 17.8 Å². The van der Waals surface area contributed by atoms with E-state index in [1.165, 1.54) is 23.9 Å². The van der Waals surface area contributed by atoms with Crippen LogP contribution in [-0.4, -0.2) is 31.4 Å². The van der Waals surface area contributed by atoms with E-state index in [2.05, 4.69) is 26.6 Å². The topological polar surface area (TPSA) is 99.4 Å². The van der Waals surface area contributed by atoms with E-state index >= 15 is 0 Å². The van der Waals surface area contributed by atoms with Crippen molar-refractivity contribution in [3.8, 4) is 11.8 Å². The minimum Gasteiger partial charge on any atom is -0.310 e. The number of nitrogens with zero attached hydrogens (tertiary/aromatic N) is 4. The van der Waals surface area contributed by atoms with E-state index in [1.807, 2.05) is 20.8 Å². The fourth-order valence-corrected chi connectivity index (χ4v) is 3.39. The first-order valence-electron chi connectivity index (χ1n) is 8.66. The van der Waals surface area contributed by atoms with Gasteiger partial charge < -0.3 is 5.32 Å². The van der Waals surface area contributed by atoms with Crippen molar-refractivity contribution < 1.29 is 9.18 Å². The van der Waals surface area contributed by atoms with Gasteiger partial charge in [-0.25, -0.2) is 9.37 Å². The van der Waals surface area contributed by atoms with Crippen LogP contribution in [-0.2, 0) is 11.2 Å². The highest BCUT2D eigenvalue weighted by molar-refractivity contribution is 7.99. The van der Waals surface area contributed by atoms with E-state index in [1.54, 1.807) is 16.7 Å². The Morgan fingerprint density at radius 1 is 1.36 bits per heavy atom. The number of nitriles is 1. The van der Waals surface area contributed by atoms with Gasteiger partial charge in [0.1, 0.15) is 23.5 Å². The molecule has 0 radical (unpaired) electrons. The minimum absolute atomic E-state index is 0.0958. The molecule has 2 aromatic heterocycles. The number of hydrogen-bond donors (Lipinski definition) is 2. The molecule has 0 aliphatic carbocycles. The Hall–Kier alpha value is -3.12. The first-order valence-corrected chi connectivity index (χ1v) is 9.65. The highest BCUT2D eigenvalue weighted by Gasteiger charge is 2.21. The van der Waals surface area contributed by atoms with Crippen molar-refractivity contribution >= 4 is 23.5 Å². The van der Waals surface area contributed by atoms with Crippen LogP contribution in [0.5, 0.6) is 0 Å². The van der Waals surface area contributed by atoms with E-state index in [-0.39, 0.29) is 17.5 Å². The second-order valence-electron chi connectivity index (χ2n) is 6.11. The van der Waals surface area contributed by atoms with Gasteiger partial charge in [-0.15, -0.1) is 5.10 Å². The average molecular weight is 398 g/mol. The van der Waals surface area contributed by atoms with Crippen LogP contribution in [0.3, 0.4) is 0 Å². The summed E-state index contributed by atoms with van der Waals surface area (Å²) in [5.74, 6) is 0.583. The molecular formula is C19H19FN6OS. The Kier molecular flexibility index (Phi) is 5.80. The third-order valence-electron chi connectivity index (χ3n) is 4.35. The second kappa shape index (κ2) is 8.27. The number of anilines is 1. The molecule has 0 saturated carbocycles. The van der Waals surface area contributed by atoms with Crippen LogP contribution >= 0.6 is 11.8 Å². The molecule has 0 bridgehead atoms. The summed E-state index contributed by atoms with van der Waals surface area (Å²) in [7, 11) is 0. The lowest BCUT2D eigenvalue weighted by Gasteiger charge is -2.13. The van der Waals surface area contributed by atoms with Gasteiger partial charge in [0.25, 0.3) is 0 Å². The highest BCUT2D eigenvalue weighted by Crippen LogP contribution is 2.30. The summed E-state index contributed by atoms with van der Waals surface area (Å²) in [6, 6.07) is 8.04. The number of carbonyl (C=O) groups is 1. The van der Waals surface area contributed by atoms with E-state index in [9.17, 15) is 14.4 Å². The standard InChI is InChI=1S/C19H19FN6OS/c1-4-16-22-19(25-24-16)28-10-17(27)23-18-15(9-21)11(2)12(3)26(18)14-7-5-13(20)6-8-14/h5-8H,4,10H2,1-3H3,(H,23,27)(H,22,24,25). The first-order chi connectivity index (χ1) is 13.4. The van der Waals surface area contributed by atoms with Crippen LogP contribution in [0.4, 0.5) is 10.2 Å². The number of nitrogens with one attached hydrogen (secondary N) is 2. The number of carbonyl (C=O) groups excluding carboxylic acids is 1. The summed E-state index contributed by atoms with van der Waals surface area (Å²) >= 11 is 1.20. The van der Waals surface area contributed by atoms with Gasteiger partial charge in [-0.1, -0.05) is 18.7 Å². The number of aromatic amines is 1. The van der Waals surface area contributed by atoms with Crippen LogP contribution in [0.1, 0.15) is 29.6 Å². The third-order valence-corrected chi connectivity index (χ3v) is 5.19. The molecule has 3 rings (SSSR count). The van der Waals surface area contributed by atoms with E-state index in [4.69, 9.17) is 0 Å². The molecule has 0 atom stereocenters. The molecule has 0 aliphatic rings. The molecule has 3 aromatic rings. The van der Waals surface area contributed by atoms with Gasteiger partial charge in [-0.2, -0.15) is 5.26 Å². The lowest BCUT2D eigenvalue weighted by Crippen LogP contribution is -2.17. The molecule has 9 heteroatoms. The molecule has 1 amide bonds. The molecule has 0 aliphatic heterocycles. The molecular weight excluding hydrogens is 379 g/mol. The Morgan fingerprint density at radius 3 is 2.68 bits per heavy atom. The molecule has 0 fully saturated rings. The maximum Gasteiger partial charge on any atom is 0.236 e. The fraction of sp³-hybridized carbons (Fsp3) is 0.263. The SMILES string of the molecule is CCc1nc(SCC(=O)Nc2c(C#N)c(C)c(C)n2-c2ccc(F)cc2)n[nH]1. The zero-order valence-electron chi connectivity index (χ0n) is 15.7. The largest absolute Gasteiger partial charge is 0.310 e. The molecule has 2 heterocycles. The minimum atomic E-state index is -0.356. The molecule has 28 heavy (non-hydrogen) atoms. The average Bonchev–Trinajstić information content (AvgIpc) is 3.24. The van der Waals surface area contributed by atoms with Crippen LogP contribution in [0, 0.1) is 31.0 Å². The number of rotatable bonds is 6. The maximum atomic E-state index is 13.3. The van der Waals surface area contributed by atoms with Crippen LogP contribution in [0.15, 0.2) is 29.4 Å². The van der Waals surface area contributed by atoms with E-state index in [0.717, 1.165) is 23.5 Å². The Balaban J connectivity index is 1.85. The number of hydrogen-bond acceptors (Lipinski definition) is 5. The number of aromatic nitrogens is 4. The molecule has 0 saturated heterocycles. The summed E-state index contributed by atoms with van der Waals surface area (Å²) in [4.78, 5) is 16.8. The second-order valence-corrected chi connectivity index (χ2v) is 7.06. The predicted octanol–water partition coefficient (Wildman–Crippen LogP) is 3.52. The van der Waals surface area contributed by atoms with Crippen molar-refractivity contribution in [1.82, 2.24) is 19.7 Å². The quantitative estimate of drug-likeness (QED) is 0.619. The van der Waals surface area contributed by atoms with Crippen LogP contribution in [0.25, 0.3) is 5.69 Å².